The molecule has 2 aromatic carbocycles. The standard InChI is InChI=1S/C45H51N3OSi/c1-26(2)36-24-37-33-15-13-12-14-32(33)34-19-17-30-22-27(3)40-35-18-16-28(4)46-44(35)49-43(40)41(30)38-23-31(45(6,7)8)20-21-47(38)29(5)42(34)48(37)25-39(36)50(9,10)11/h12-16,18,20-26,34,42H,5,17,19H2,1-4,6-11H3/q+2. The molecule has 0 aliphatic carbocycles. The molecule has 4 nitrogen and oxygen atoms in total. The van der Waals surface area contributed by atoms with Crippen molar-refractivity contribution >= 4 is 41.0 Å². The van der Waals surface area contributed by atoms with E-state index in [-0.39, 0.29) is 17.4 Å². The molecule has 0 N–H and O–H groups in total. The van der Waals surface area contributed by atoms with E-state index in [1.54, 1.807) is 5.19 Å². The summed E-state index contributed by atoms with van der Waals surface area (Å²) in [5, 5.41) is 3.78. The van der Waals surface area contributed by atoms with Crippen LogP contribution in [0, 0.1) is 13.8 Å². The van der Waals surface area contributed by atoms with E-state index in [2.05, 4.69) is 143 Å². The van der Waals surface area contributed by atoms with E-state index in [0.29, 0.717) is 11.6 Å². The van der Waals surface area contributed by atoms with Crippen molar-refractivity contribution in [1.82, 2.24) is 4.98 Å². The van der Waals surface area contributed by atoms with Gasteiger partial charge in [0.1, 0.15) is 0 Å². The van der Waals surface area contributed by atoms with Crippen LogP contribution in [0.15, 0.2) is 84.1 Å². The molecule has 6 aromatic rings. The van der Waals surface area contributed by atoms with Crippen molar-refractivity contribution in [3.05, 3.63) is 113 Å². The number of hydrogen-bond donors (Lipinski definition) is 0. The fourth-order valence-electron chi connectivity index (χ4n) is 8.79. The van der Waals surface area contributed by atoms with Crippen molar-refractivity contribution < 1.29 is 13.6 Å². The predicted molar refractivity (Wildman–Crippen MR) is 210 cm³/mol. The summed E-state index contributed by atoms with van der Waals surface area (Å²) < 4.78 is 11.8. The van der Waals surface area contributed by atoms with Crippen molar-refractivity contribution in [3.8, 4) is 22.5 Å². The first kappa shape index (κ1) is 32.8. The maximum Gasteiger partial charge on any atom is 0.249 e. The number of benzene rings is 2. The zero-order valence-electron chi connectivity index (χ0n) is 31.5. The number of fused-ring (bicyclic) bond motifs is 13. The molecule has 8 rings (SSSR count). The minimum absolute atomic E-state index is 0.0287. The molecule has 4 aromatic heterocycles. The van der Waals surface area contributed by atoms with Crippen LogP contribution in [0.5, 0.6) is 0 Å². The number of hydrogen-bond acceptors (Lipinski definition) is 2. The highest BCUT2D eigenvalue weighted by molar-refractivity contribution is 6.89. The Morgan fingerprint density at radius 2 is 1.72 bits per heavy atom. The highest BCUT2D eigenvalue weighted by Crippen LogP contribution is 2.47. The fourth-order valence-corrected chi connectivity index (χ4v) is 10.5. The van der Waals surface area contributed by atoms with Crippen molar-refractivity contribution in [3.63, 3.8) is 0 Å². The van der Waals surface area contributed by atoms with Crippen molar-refractivity contribution in [2.45, 2.75) is 104 Å². The summed E-state index contributed by atoms with van der Waals surface area (Å²) in [5.41, 5.74) is 15.4. The predicted octanol–water partition coefficient (Wildman–Crippen LogP) is 10.2. The molecule has 0 amide bonds. The SMILES string of the molecule is C=C1C2C(CCc3cc(C)c4c(oc5nc(C)ccc54)c3-c3cc(C(C)(C)C)cc[n+]31)c1ccccc1-c1cc(C(C)C)c([Si](C)(C)C)c[n+]12. The molecule has 2 atom stereocenters. The molecule has 6 heterocycles. The quantitative estimate of drug-likeness (QED) is 0.135. The van der Waals surface area contributed by atoms with Crippen LogP contribution in [-0.2, 0) is 11.8 Å². The van der Waals surface area contributed by atoms with E-state index < -0.39 is 8.07 Å². The maximum atomic E-state index is 6.83. The summed E-state index contributed by atoms with van der Waals surface area (Å²) in [5.74, 6) is 0.699. The van der Waals surface area contributed by atoms with Crippen LogP contribution in [0.4, 0.5) is 0 Å². The van der Waals surface area contributed by atoms with Crippen LogP contribution in [0.3, 0.4) is 0 Å². The molecule has 2 aliphatic rings. The van der Waals surface area contributed by atoms with Crippen molar-refractivity contribution in [2.75, 3.05) is 0 Å². The molecule has 0 saturated carbocycles. The Morgan fingerprint density at radius 1 is 0.960 bits per heavy atom. The third kappa shape index (κ3) is 5.03. The van der Waals surface area contributed by atoms with Gasteiger partial charge in [0.05, 0.1) is 19.6 Å². The van der Waals surface area contributed by atoms with Gasteiger partial charge in [-0.2, -0.15) is 9.13 Å². The lowest BCUT2D eigenvalue weighted by molar-refractivity contribution is -0.726. The normalized spacial score (nSPS) is 17.5. The first-order valence-corrected chi connectivity index (χ1v) is 21.9. The molecule has 0 radical (unpaired) electrons. The van der Waals surface area contributed by atoms with E-state index in [9.17, 15) is 0 Å². The number of furan rings is 1. The molecule has 0 saturated heterocycles. The molecule has 0 bridgehead atoms. The van der Waals surface area contributed by atoms with Crippen molar-refractivity contribution in [1.29, 1.82) is 0 Å². The molecule has 0 fully saturated rings. The fraction of sp³-hybridized carbons (Fsp3) is 0.356. The summed E-state index contributed by atoms with van der Waals surface area (Å²) >= 11 is 0. The highest BCUT2D eigenvalue weighted by atomic mass is 28.3. The molecular formula is C45H51N3OSi+2. The van der Waals surface area contributed by atoms with E-state index in [1.165, 1.54) is 44.6 Å². The molecule has 5 heteroatoms. The first-order chi connectivity index (χ1) is 23.6. The van der Waals surface area contributed by atoms with E-state index in [0.717, 1.165) is 46.3 Å². The van der Waals surface area contributed by atoms with Gasteiger partial charge in [0.15, 0.2) is 18.0 Å². The second kappa shape index (κ2) is 11.3. The van der Waals surface area contributed by atoms with Gasteiger partial charge in [-0.25, -0.2) is 4.98 Å². The molecule has 2 unspecified atom stereocenters. The number of pyridine rings is 3. The molecule has 0 spiro atoms. The second-order valence-corrected chi connectivity index (χ2v) is 22.3. The van der Waals surface area contributed by atoms with E-state index >= 15 is 0 Å². The lowest BCUT2D eigenvalue weighted by Crippen LogP contribution is -2.57. The topological polar surface area (TPSA) is 33.8 Å². The molecule has 50 heavy (non-hydrogen) atoms. The van der Waals surface area contributed by atoms with Crippen molar-refractivity contribution in [2.24, 2.45) is 0 Å². The van der Waals surface area contributed by atoms with Crippen LogP contribution in [-0.4, -0.2) is 13.1 Å². The minimum Gasteiger partial charge on any atom is -0.437 e. The molecule has 2 aliphatic heterocycles. The summed E-state index contributed by atoms with van der Waals surface area (Å²) in [6.07, 6.45) is 6.75. The zero-order chi connectivity index (χ0) is 35.4. The van der Waals surface area contributed by atoms with Crippen LogP contribution >= 0.6 is 0 Å². The van der Waals surface area contributed by atoms with Crippen LogP contribution < -0.4 is 14.3 Å². The lowest BCUT2D eigenvalue weighted by Gasteiger charge is -2.32. The van der Waals surface area contributed by atoms with Gasteiger partial charge in [-0.1, -0.05) is 78.5 Å². The lowest BCUT2D eigenvalue weighted by atomic mass is 9.78. The second-order valence-electron chi connectivity index (χ2n) is 17.3. The van der Waals surface area contributed by atoms with E-state index in [1.807, 2.05) is 6.92 Å². The van der Waals surface area contributed by atoms with Gasteiger partial charge in [0, 0.05) is 45.4 Å². The van der Waals surface area contributed by atoms with Gasteiger partial charge in [-0.15, -0.1) is 0 Å². The Labute approximate surface area is 298 Å². The molecule has 254 valence electrons. The summed E-state index contributed by atoms with van der Waals surface area (Å²) in [6.45, 7) is 28.3. The van der Waals surface area contributed by atoms with Gasteiger partial charge in [0.2, 0.25) is 28.8 Å². The Kier molecular flexibility index (Phi) is 7.44. The average Bonchev–Trinajstić information content (AvgIpc) is 3.45. The Bertz CT molecular complexity index is 2380. The van der Waals surface area contributed by atoms with Gasteiger partial charge in [-0.05, 0) is 90.6 Å². The minimum atomic E-state index is -1.69. The average molecular weight is 678 g/mol. The summed E-state index contributed by atoms with van der Waals surface area (Å²) in [6, 6.07) is 23.1. The van der Waals surface area contributed by atoms with Crippen LogP contribution in [0.2, 0.25) is 19.6 Å². The number of aryl methyl sites for hydroxylation is 3. The van der Waals surface area contributed by atoms with Gasteiger partial charge < -0.3 is 4.42 Å². The number of allylic oxidation sites excluding steroid dienone is 1. The Hall–Kier alpha value is -4.35. The maximum absolute atomic E-state index is 6.83. The first-order valence-electron chi connectivity index (χ1n) is 18.4. The van der Waals surface area contributed by atoms with E-state index in [4.69, 9.17) is 16.0 Å². The monoisotopic (exact) mass is 677 g/mol. The summed E-state index contributed by atoms with van der Waals surface area (Å²) in [4.78, 5) is 4.86. The Morgan fingerprint density at radius 3 is 2.44 bits per heavy atom. The highest BCUT2D eigenvalue weighted by Gasteiger charge is 2.48. The number of aromatic nitrogens is 3. The third-order valence-corrected chi connectivity index (χ3v) is 13.4. The smallest absolute Gasteiger partial charge is 0.249 e. The van der Waals surface area contributed by atoms with Gasteiger partial charge in [0.25, 0.3) is 0 Å². The third-order valence-electron chi connectivity index (χ3n) is 11.4. The van der Waals surface area contributed by atoms with Crippen LogP contribution in [0.25, 0.3) is 50.3 Å². The van der Waals surface area contributed by atoms with Gasteiger partial charge in [-0.3, -0.25) is 0 Å². The number of nitrogens with zero attached hydrogens (tertiary/aromatic N) is 3. The largest absolute Gasteiger partial charge is 0.437 e. The number of rotatable bonds is 2. The van der Waals surface area contributed by atoms with Gasteiger partial charge >= 0.3 is 0 Å². The van der Waals surface area contributed by atoms with Crippen LogP contribution in [0.1, 0.15) is 92.4 Å². The zero-order valence-corrected chi connectivity index (χ0v) is 32.5. The Balaban J connectivity index is 1.47. The molecular weight excluding hydrogens is 627 g/mol. The summed E-state index contributed by atoms with van der Waals surface area (Å²) in [7, 11) is -1.69.